The zero-order valence-electron chi connectivity index (χ0n) is 15.8. The molecule has 1 heterocycles. The summed E-state index contributed by atoms with van der Waals surface area (Å²) in [5, 5.41) is 14.1. The third kappa shape index (κ3) is 4.98. The quantitative estimate of drug-likeness (QED) is 0.557. The number of halogens is 2. The second kappa shape index (κ2) is 8.85. The highest BCUT2D eigenvalue weighted by atomic mass is 19.3. The van der Waals surface area contributed by atoms with Crippen LogP contribution >= 0.6 is 0 Å². The molecule has 0 spiro atoms. The van der Waals surface area contributed by atoms with E-state index < -0.39 is 17.4 Å². The number of nitrogens with zero attached hydrogens (tertiary/aromatic N) is 2. The molecule has 0 unspecified atom stereocenters. The minimum Gasteiger partial charge on any atom is -0.433 e. The van der Waals surface area contributed by atoms with Crippen LogP contribution in [0.15, 0.2) is 42.5 Å². The Morgan fingerprint density at radius 1 is 1.24 bits per heavy atom. The molecule has 9 heteroatoms. The Labute approximate surface area is 166 Å². The molecule has 1 aliphatic heterocycles. The Bertz CT molecular complexity index is 899. The van der Waals surface area contributed by atoms with Crippen LogP contribution in [-0.2, 0) is 0 Å². The van der Waals surface area contributed by atoms with E-state index in [0.29, 0.717) is 24.7 Å². The molecule has 7 nitrogen and oxygen atoms in total. The maximum Gasteiger partial charge on any atom is 0.387 e. The van der Waals surface area contributed by atoms with Crippen molar-refractivity contribution < 1.29 is 23.2 Å². The average Bonchev–Trinajstić information content (AvgIpc) is 2.69. The van der Waals surface area contributed by atoms with Crippen molar-refractivity contribution in [2.24, 2.45) is 5.92 Å². The van der Waals surface area contributed by atoms with Gasteiger partial charge in [-0.3, -0.25) is 14.9 Å². The lowest BCUT2D eigenvalue weighted by Crippen LogP contribution is -2.33. The molecule has 0 saturated carbocycles. The van der Waals surface area contributed by atoms with E-state index >= 15 is 0 Å². The van der Waals surface area contributed by atoms with Crippen LogP contribution in [0.5, 0.6) is 5.75 Å². The molecule has 0 bridgehead atoms. The predicted molar refractivity (Wildman–Crippen MR) is 105 cm³/mol. The minimum atomic E-state index is -3.04. The lowest BCUT2D eigenvalue weighted by molar-refractivity contribution is -0.384. The Morgan fingerprint density at radius 3 is 2.59 bits per heavy atom. The number of nitro groups is 1. The van der Waals surface area contributed by atoms with E-state index in [1.807, 2.05) is 4.90 Å². The van der Waals surface area contributed by atoms with Crippen LogP contribution < -0.4 is 15.0 Å². The van der Waals surface area contributed by atoms with E-state index in [0.717, 1.165) is 12.8 Å². The van der Waals surface area contributed by atoms with Crippen LogP contribution in [0.25, 0.3) is 0 Å². The second-order valence-corrected chi connectivity index (χ2v) is 6.96. The van der Waals surface area contributed by atoms with E-state index in [1.165, 1.54) is 30.3 Å². The van der Waals surface area contributed by atoms with Gasteiger partial charge in [0.25, 0.3) is 11.6 Å². The number of carbonyl (C=O) groups is 1. The van der Waals surface area contributed by atoms with Gasteiger partial charge in [-0.15, -0.1) is 0 Å². The molecule has 0 radical (unpaired) electrons. The molecule has 1 saturated heterocycles. The summed E-state index contributed by atoms with van der Waals surface area (Å²) in [5.41, 5.74) is 0.413. The molecule has 1 fully saturated rings. The molecule has 0 aromatic heterocycles. The van der Waals surface area contributed by atoms with Crippen molar-refractivity contribution in [1.29, 1.82) is 0 Å². The van der Waals surface area contributed by atoms with Gasteiger partial charge in [0.15, 0.2) is 0 Å². The summed E-state index contributed by atoms with van der Waals surface area (Å²) in [7, 11) is 0. The van der Waals surface area contributed by atoms with Crippen LogP contribution in [0.3, 0.4) is 0 Å². The maximum atomic E-state index is 12.6. The molecule has 0 aliphatic carbocycles. The van der Waals surface area contributed by atoms with Crippen molar-refractivity contribution in [3.05, 3.63) is 58.1 Å². The number of piperidine rings is 1. The summed E-state index contributed by atoms with van der Waals surface area (Å²) in [5.74, 6) is -0.271. The fraction of sp³-hybridized carbons (Fsp3) is 0.350. The van der Waals surface area contributed by atoms with Crippen molar-refractivity contribution >= 4 is 23.0 Å². The average molecular weight is 405 g/mol. The molecule has 3 rings (SSSR count). The predicted octanol–water partition coefficient (Wildman–Crippen LogP) is 4.68. The van der Waals surface area contributed by atoms with Crippen LogP contribution in [-0.4, -0.2) is 30.5 Å². The minimum absolute atomic E-state index is 0.0505. The number of anilines is 2. The molecular formula is C20H21F2N3O4. The number of ether oxygens (including phenoxy) is 1. The Balaban J connectivity index is 1.83. The van der Waals surface area contributed by atoms with Gasteiger partial charge in [-0.2, -0.15) is 8.78 Å². The summed E-state index contributed by atoms with van der Waals surface area (Å²) in [6.45, 7) is 0.535. The summed E-state index contributed by atoms with van der Waals surface area (Å²) in [6.07, 6.45) is 1.89. The van der Waals surface area contributed by atoms with Gasteiger partial charge in [-0.05, 0) is 43.0 Å². The highest BCUT2D eigenvalue weighted by molar-refractivity contribution is 6.05. The summed E-state index contributed by atoms with van der Waals surface area (Å²) in [4.78, 5) is 25.6. The number of alkyl halides is 2. The van der Waals surface area contributed by atoms with Gasteiger partial charge in [0, 0.05) is 24.7 Å². The van der Waals surface area contributed by atoms with E-state index in [1.54, 1.807) is 12.1 Å². The van der Waals surface area contributed by atoms with E-state index in [-0.39, 0.29) is 22.7 Å². The second-order valence-electron chi connectivity index (χ2n) is 6.96. The molecule has 1 amide bonds. The monoisotopic (exact) mass is 405 g/mol. The van der Waals surface area contributed by atoms with Gasteiger partial charge >= 0.3 is 6.61 Å². The molecule has 2 aromatic carbocycles. The van der Waals surface area contributed by atoms with E-state index in [9.17, 15) is 23.7 Å². The number of nitro benzene ring substituents is 1. The number of rotatable bonds is 6. The highest BCUT2D eigenvalue weighted by Gasteiger charge is 2.25. The van der Waals surface area contributed by atoms with Crippen LogP contribution in [0.1, 0.15) is 30.1 Å². The third-order valence-corrected chi connectivity index (χ3v) is 4.91. The lowest BCUT2D eigenvalue weighted by atomic mass is 9.98. The number of para-hydroxylation sites is 2. The molecule has 1 aliphatic rings. The summed E-state index contributed by atoms with van der Waals surface area (Å²) >= 11 is 0. The Hall–Kier alpha value is -3.23. The molecule has 154 valence electrons. The van der Waals surface area contributed by atoms with Crippen molar-refractivity contribution in [3.63, 3.8) is 0 Å². The van der Waals surface area contributed by atoms with Gasteiger partial charge in [-0.25, -0.2) is 0 Å². The van der Waals surface area contributed by atoms with Crippen molar-refractivity contribution in [3.8, 4) is 5.75 Å². The number of nitrogens with one attached hydrogen (secondary N) is 1. The fourth-order valence-electron chi connectivity index (χ4n) is 3.29. The fourth-order valence-corrected chi connectivity index (χ4v) is 3.29. The first-order valence-corrected chi connectivity index (χ1v) is 9.23. The highest BCUT2D eigenvalue weighted by Crippen LogP contribution is 2.33. The van der Waals surface area contributed by atoms with Crippen molar-refractivity contribution in [2.45, 2.75) is 26.4 Å². The van der Waals surface area contributed by atoms with Crippen molar-refractivity contribution in [1.82, 2.24) is 0 Å². The number of benzene rings is 2. The topological polar surface area (TPSA) is 84.7 Å². The van der Waals surface area contributed by atoms with Crippen LogP contribution in [0, 0.1) is 16.0 Å². The van der Waals surface area contributed by atoms with Gasteiger partial charge in [-0.1, -0.05) is 19.1 Å². The SMILES string of the molecule is CC1CCN(c2ccc(C(=O)Nc3ccccc3OC(F)F)cc2[N+](=O)[O-])CC1. The zero-order valence-corrected chi connectivity index (χ0v) is 15.8. The number of hydrogen-bond donors (Lipinski definition) is 1. The third-order valence-electron chi connectivity index (χ3n) is 4.91. The number of amides is 1. The molecular weight excluding hydrogens is 384 g/mol. The van der Waals surface area contributed by atoms with Crippen molar-refractivity contribution in [2.75, 3.05) is 23.3 Å². The molecule has 2 aromatic rings. The smallest absolute Gasteiger partial charge is 0.387 e. The summed E-state index contributed by atoms with van der Waals surface area (Å²) in [6, 6.07) is 10.0. The normalized spacial score (nSPS) is 14.7. The molecule has 29 heavy (non-hydrogen) atoms. The van der Waals surface area contributed by atoms with Gasteiger partial charge in [0.2, 0.25) is 0 Å². The standard InChI is InChI=1S/C20H21F2N3O4/c1-13-8-10-24(11-9-13)16-7-6-14(12-17(16)25(27)28)19(26)23-15-4-2-3-5-18(15)29-20(21)22/h2-7,12-13,20H,8-11H2,1H3,(H,23,26). The largest absolute Gasteiger partial charge is 0.433 e. The van der Waals surface area contributed by atoms with Gasteiger partial charge in [0.1, 0.15) is 11.4 Å². The van der Waals surface area contributed by atoms with Crippen LogP contribution in [0.4, 0.5) is 25.8 Å². The lowest BCUT2D eigenvalue weighted by Gasteiger charge is -2.31. The Kier molecular flexibility index (Phi) is 6.26. The summed E-state index contributed by atoms with van der Waals surface area (Å²) < 4.78 is 29.5. The molecule has 1 N–H and O–H groups in total. The first-order chi connectivity index (χ1) is 13.8. The van der Waals surface area contributed by atoms with E-state index in [2.05, 4.69) is 17.0 Å². The first-order valence-electron chi connectivity index (χ1n) is 9.23. The first kappa shape index (κ1) is 20.5. The van der Waals surface area contributed by atoms with Gasteiger partial charge < -0.3 is 15.0 Å². The Morgan fingerprint density at radius 2 is 1.93 bits per heavy atom. The zero-order chi connectivity index (χ0) is 21.0. The maximum absolute atomic E-state index is 12.6. The van der Waals surface area contributed by atoms with Crippen LogP contribution in [0.2, 0.25) is 0 Å². The number of carbonyl (C=O) groups excluding carboxylic acids is 1. The molecule has 0 atom stereocenters. The van der Waals surface area contributed by atoms with Gasteiger partial charge in [0.05, 0.1) is 10.6 Å². The number of hydrogen-bond acceptors (Lipinski definition) is 5. The van der Waals surface area contributed by atoms with E-state index in [4.69, 9.17) is 0 Å².